The van der Waals surface area contributed by atoms with Gasteiger partial charge in [-0.15, -0.1) is 0 Å². The highest BCUT2D eigenvalue weighted by Crippen LogP contribution is 2.21. The van der Waals surface area contributed by atoms with Crippen LogP contribution in [0, 0.1) is 0 Å². The van der Waals surface area contributed by atoms with Crippen LogP contribution < -0.4 is 0 Å². The Hall–Kier alpha value is -1.01. The summed E-state index contributed by atoms with van der Waals surface area (Å²) in [7, 11) is 0. The summed E-state index contributed by atoms with van der Waals surface area (Å²) < 4.78 is 2.27. The van der Waals surface area contributed by atoms with Crippen LogP contribution in [0.2, 0.25) is 0 Å². The van der Waals surface area contributed by atoms with Gasteiger partial charge < -0.3 is 5.11 Å². The lowest BCUT2D eigenvalue weighted by atomic mass is 10.1. The molecule has 0 aliphatic heterocycles. The molecule has 1 N–H and O–H groups in total. The van der Waals surface area contributed by atoms with Gasteiger partial charge in [-0.1, -0.05) is 0 Å². The Balaban J connectivity index is 2.80. The molecule has 0 aromatic carbocycles. The maximum Gasteiger partial charge on any atom is 0.173 e. The Kier molecular flexibility index (Phi) is 2.04. The molecule has 0 saturated heterocycles. The number of rotatable bonds is 1. The Labute approximate surface area is 88.9 Å². The zero-order valence-electron chi connectivity index (χ0n) is 7.77. The molecule has 2 rings (SSSR count). The van der Waals surface area contributed by atoms with Crippen LogP contribution in [0.3, 0.4) is 0 Å². The van der Waals surface area contributed by atoms with Crippen molar-refractivity contribution in [2.75, 3.05) is 0 Å². The van der Waals surface area contributed by atoms with Crippen molar-refractivity contribution in [2.24, 2.45) is 0 Å². The molecule has 0 unspecified atom stereocenters. The second kappa shape index (κ2) is 2.99. The second-order valence-electron chi connectivity index (χ2n) is 3.48. The van der Waals surface area contributed by atoms with E-state index in [9.17, 15) is 5.11 Å². The van der Waals surface area contributed by atoms with E-state index in [0.717, 1.165) is 4.47 Å². The van der Waals surface area contributed by atoms with Gasteiger partial charge in [0, 0.05) is 6.20 Å². The van der Waals surface area contributed by atoms with Crippen LogP contribution >= 0.6 is 15.9 Å². The number of nitrogens with zero attached hydrogens (tertiary/aromatic N) is 4. The molecule has 74 valence electrons. The summed E-state index contributed by atoms with van der Waals surface area (Å²) in [6, 6.07) is 0. The van der Waals surface area contributed by atoms with Gasteiger partial charge in [0.1, 0.15) is 11.9 Å². The monoisotopic (exact) mass is 256 g/mol. The molecule has 6 heteroatoms. The zero-order chi connectivity index (χ0) is 10.3. The van der Waals surface area contributed by atoms with E-state index in [2.05, 4.69) is 31.0 Å². The largest absolute Gasteiger partial charge is 0.382 e. The zero-order valence-corrected chi connectivity index (χ0v) is 9.35. The summed E-state index contributed by atoms with van der Waals surface area (Å²) in [6.07, 6.45) is 3.04. The Morgan fingerprint density at radius 3 is 2.79 bits per heavy atom. The number of fused-ring (bicyclic) bond motifs is 1. The maximum atomic E-state index is 9.83. The first-order chi connectivity index (χ1) is 6.50. The second-order valence-corrected chi connectivity index (χ2v) is 4.34. The van der Waals surface area contributed by atoms with E-state index in [1.54, 1.807) is 20.0 Å². The van der Waals surface area contributed by atoms with E-state index in [4.69, 9.17) is 0 Å². The number of hydrogen-bond acceptors (Lipinski definition) is 4. The molecular formula is C8H9BrN4O. The van der Waals surface area contributed by atoms with Crippen LogP contribution in [-0.2, 0) is 5.60 Å². The van der Waals surface area contributed by atoms with Crippen LogP contribution in [0.4, 0.5) is 0 Å². The van der Waals surface area contributed by atoms with E-state index < -0.39 is 5.60 Å². The summed E-state index contributed by atoms with van der Waals surface area (Å²) in [5.74, 6) is 0.466. The molecule has 0 spiro atoms. The van der Waals surface area contributed by atoms with Crippen LogP contribution in [0.25, 0.3) is 5.65 Å². The number of hydrogen-bond donors (Lipinski definition) is 1. The highest BCUT2D eigenvalue weighted by Gasteiger charge is 2.22. The van der Waals surface area contributed by atoms with Gasteiger partial charge >= 0.3 is 0 Å². The number of aromatic nitrogens is 4. The van der Waals surface area contributed by atoms with Gasteiger partial charge in [-0.25, -0.2) is 9.97 Å². The van der Waals surface area contributed by atoms with E-state index in [1.807, 2.05) is 0 Å². The van der Waals surface area contributed by atoms with Crippen LogP contribution in [0.1, 0.15) is 19.7 Å². The van der Waals surface area contributed by atoms with Gasteiger partial charge in [0.25, 0.3) is 0 Å². The van der Waals surface area contributed by atoms with Crippen LogP contribution in [0.15, 0.2) is 17.0 Å². The van der Waals surface area contributed by atoms with Gasteiger partial charge in [-0.05, 0) is 29.8 Å². The van der Waals surface area contributed by atoms with Gasteiger partial charge in [-0.3, -0.25) is 0 Å². The molecule has 0 aliphatic carbocycles. The molecule has 5 nitrogen and oxygen atoms in total. The lowest BCUT2D eigenvalue weighted by Gasteiger charge is -2.16. The van der Waals surface area contributed by atoms with Gasteiger partial charge in [0.2, 0.25) is 0 Å². The van der Waals surface area contributed by atoms with Crippen LogP contribution in [0.5, 0.6) is 0 Å². The Bertz CT molecular complexity index is 474. The van der Waals surface area contributed by atoms with Crippen molar-refractivity contribution in [3.05, 3.63) is 22.8 Å². The smallest absolute Gasteiger partial charge is 0.173 e. The van der Waals surface area contributed by atoms with Gasteiger partial charge in [0.15, 0.2) is 11.5 Å². The Morgan fingerprint density at radius 2 is 2.14 bits per heavy atom. The molecule has 2 aromatic rings. The third-order valence-corrected chi connectivity index (χ3v) is 2.37. The van der Waals surface area contributed by atoms with E-state index in [1.165, 1.54) is 10.8 Å². The third-order valence-electron chi connectivity index (χ3n) is 1.81. The minimum absolute atomic E-state index is 0.466. The highest BCUT2D eigenvalue weighted by molar-refractivity contribution is 9.10. The predicted octanol–water partition coefficient (Wildman–Crippen LogP) is 1.11. The molecule has 0 aliphatic rings. The van der Waals surface area contributed by atoms with Crippen molar-refractivity contribution in [1.82, 2.24) is 19.6 Å². The summed E-state index contributed by atoms with van der Waals surface area (Å²) in [4.78, 5) is 8.16. The molecule has 0 fully saturated rings. The third kappa shape index (κ3) is 1.40. The molecule has 0 saturated carbocycles. The van der Waals surface area contributed by atoms with Crippen molar-refractivity contribution < 1.29 is 5.11 Å². The average molecular weight is 257 g/mol. The SMILES string of the molecule is CC(C)(O)c1ncc(Br)c2ncnn12. The normalized spacial score (nSPS) is 12.3. The first-order valence-corrected chi connectivity index (χ1v) is 4.86. The first-order valence-electron chi connectivity index (χ1n) is 4.07. The Morgan fingerprint density at radius 1 is 1.43 bits per heavy atom. The maximum absolute atomic E-state index is 9.83. The van der Waals surface area contributed by atoms with Crippen LogP contribution in [-0.4, -0.2) is 24.7 Å². The fourth-order valence-electron chi connectivity index (χ4n) is 1.21. The average Bonchev–Trinajstić information content (AvgIpc) is 2.50. The van der Waals surface area contributed by atoms with Gasteiger partial charge in [-0.2, -0.15) is 9.61 Å². The fraction of sp³-hybridized carbons (Fsp3) is 0.375. The molecule has 2 aromatic heterocycles. The molecule has 0 radical (unpaired) electrons. The van der Waals surface area contributed by atoms with E-state index >= 15 is 0 Å². The summed E-state index contributed by atoms with van der Waals surface area (Å²) in [5, 5.41) is 13.8. The molecule has 0 atom stereocenters. The molecule has 2 heterocycles. The molecule has 0 amide bonds. The number of aliphatic hydroxyl groups is 1. The van der Waals surface area contributed by atoms with Crippen molar-refractivity contribution in [1.29, 1.82) is 0 Å². The fourth-order valence-corrected chi connectivity index (χ4v) is 1.58. The molecule has 14 heavy (non-hydrogen) atoms. The van der Waals surface area contributed by atoms with Crippen molar-refractivity contribution in [3.63, 3.8) is 0 Å². The molecular weight excluding hydrogens is 248 g/mol. The van der Waals surface area contributed by atoms with Gasteiger partial charge in [0.05, 0.1) is 4.47 Å². The topological polar surface area (TPSA) is 63.3 Å². The quantitative estimate of drug-likeness (QED) is 0.831. The van der Waals surface area contributed by atoms with Crippen molar-refractivity contribution in [2.45, 2.75) is 19.4 Å². The minimum atomic E-state index is -1.04. The predicted molar refractivity (Wildman–Crippen MR) is 53.7 cm³/mol. The lowest BCUT2D eigenvalue weighted by Crippen LogP contribution is -2.22. The molecule has 0 bridgehead atoms. The van der Waals surface area contributed by atoms with Crippen molar-refractivity contribution >= 4 is 21.6 Å². The highest BCUT2D eigenvalue weighted by atomic mass is 79.9. The number of halogens is 1. The summed E-state index contributed by atoms with van der Waals surface area (Å²) in [5.41, 5.74) is -0.385. The minimum Gasteiger partial charge on any atom is -0.382 e. The summed E-state index contributed by atoms with van der Waals surface area (Å²) >= 11 is 3.31. The first kappa shape index (κ1) is 9.54. The van der Waals surface area contributed by atoms with E-state index in [-0.39, 0.29) is 0 Å². The standard InChI is InChI=1S/C8H9BrN4O/c1-8(2,14)7-10-3-5(9)6-11-4-12-13(6)7/h3-4,14H,1-2H3. The van der Waals surface area contributed by atoms with E-state index in [0.29, 0.717) is 11.5 Å². The van der Waals surface area contributed by atoms with Crippen molar-refractivity contribution in [3.8, 4) is 0 Å². The summed E-state index contributed by atoms with van der Waals surface area (Å²) in [6.45, 7) is 3.31. The lowest BCUT2D eigenvalue weighted by molar-refractivity contribution is 0.0660.